The molecule has 32 heavy (non-hydrogen) atoms. The van der Waals surface area contributed by atoms with Gasteiger partial charge >= 0.3 is 24.1 Å². The molecule has 2 N–H and O–H groups in total. The smallest absolute Gasteiger partial charge is 0.480 e. The summed E-state index contributed by atoms with van der Waals surface area (Å²) < 4.78 is 20.1. The number of rotatable bonds is 13. The minimum atomic E-state index is -1.11. The van der Waals surface area contributed by atoms with Crippen LogP contribution in [0.1, 0.15) is 52.5 Å². The Hall–Kier alpha value is -3.14. The number of aliphatic carboxylic acids is 1. The predicted octanol–water partition coefficient (Wildman–Crippen LogP) is 2.85. The topological polar surface area (TPSA) is 137 Å². The Kier molecular flexibility index (Phi) is 11.8. The van der Waals surface area contributed by atoms with Gasteiger partial charge in [-0.25, -0.2) is 4.79 Å². The highest BCUT2D eigenvalue weighted by Crippen LogP contribution is 2.29. The second kappa shape index (κ2) is 14.0. The molecule has 1 aromatic carbocycles. The lowest BCUT2D eigenvalue weighted by Gasteiger charge is -2.19. The SMILES string of the molecule is CCCCCOC(=O)OC(C)CN[C@@H](Cc1ccc(OC(C)=O)c(OC(C)=O)c1)C(=O)O. The van der Waals surface area contributed by atoms with E-state index in [1.807, 2.05) is 6.92 Å². The lowest BCUT2D eigenvalue weighted by molar-refractivity contribution is -0.139. The van der Waals surface area contributed by atoms with E-state index in [0.29, 0.717) is 5.56 Å². The third-order valence-electron chi connectivity index (χ3n) is 4.17. The van der Waals surface area contributed by atoms with Gasteiger partial charge in [-0.15, -0.1) is 0 Å². The summed E-state index contributed by atoms with van der Waals surface area (Å²) in [6.45, 7) is 6.42. The van der Waals surface area contributed by atoms with Gasteiger partial charge in [-0.2, -0.15) is 0 Å². The van der Waals surface area contributed by atoms with Crippen LogP contribution in [0.3, 0.4) is 0 Å². The van der Waals surface area contributed by atoms with Crippen molar-refractivity contribution in [3.8, 4) is 11.5 Å². The van der Waals surface area contributed by atoms with Crippen molar-refractivity contribution < 1.29 is 43.2 Å². The standard InChI is InChI=1S/C22H31NO9/c1-5-6-7-10-29-22(28)30-14(2)13-23-18(21(26)27)11-17-8-9-19(31-15(3)24)20(12-17)32-16(4)25/h8-9,12,14,18,23H,5-7,10-11,13H2,1-4H3,(H,26,27)/t14?,18-/m0/s1. The quantitative estimate of drug-likeness (QED) is 0.260. The average Bonchev–Trinajstić information content (AvgIpc) is 2.69. The van der Waals surface area contributed by atoms with E-state index in [0.717, 1.165) is 19.3 Å². The Bertz CT molecular complexity index is 794. The Morgan fingerprint density at radius 3 is 2.28 bits per heavy atom. The number of carbonyl (C=O) groups is 4. The van der Waals surface area contributed by atoms with Crippen LogP contribution in [-0.2, 0) is 30.3 Å². The van der Waals surface area contributed by atoms with Crippen LogP contribution < -0.4 is 14.8 Å². The van der Waals surface area contributed by atoms with E-state index in [9.17, 15) is 24.3 Å². The van der Waals surface area contributed by atoms with Crippen molar-refractivity contribution in [3.63, 3.8) is 0 Å². The number of carboxylic acids is 1. The molecule has 178 valence electrons. The Morgan fingerprint density at radius 1 is 1.03 bits per heavy atom. The summed E-state index contributed by atoms with van der Waals surface area (Å²) in [4.78, 5) is 45.9. The molecule has 1 aromatic rings. The van der Waals surface area contributed by atoms with Gasteiger partial charge < -0.3 is 29.4 Å². The van der Waals surface area contributed by atoms with E-state index in [2.05, 4.69) is 5.32 Å². The second-order valence-electron chi connectivity index (χ2n) is 7.21. The monoisotopic (exact) mass is 453 g/mol. The Labute approximate surface area is 187 Å². The molecule has 0 heterocycles. The first-order valence-electron chi connectivity index (χ1n) is 10.4. The number of carbonyl (C=O) groups excluding carboxylic acids is 3. The van der Waals surface area contributed by atoms with Crippen LogP contribution in [0.15, 0.2) is 18.2 Å². The van der Waals surface area contributed by atoms with Crippen molar-refractivity contribution in [2.45, 2.75) is 65.5 Å². The molecule has 1 rings (SSSR count). The number of benzene rings is 1. The summed E-state index contributed by atoms with van der Waals surface area (Å²) >= 11 is 0. The number of esters is 2. The zero-order chi connectivity index (χ0) is 24.1. The molecule has 10 nitrogen and oxygen atoms in total. The molecule has 0 aliphatic carbocycles. The van der Waals surface area contributed by atoms with Crippen molar-refractivity contribution in [1.29, 1.82) is 0 Å². The lowest BCUT2D eigenvalue weighted by atomic mass is 10.0. The third-order valence-corrected chi connectivity index (χ3v) is 4.17. The second-order valence-corrected chi connectivity index (χ2v) is 7.21. The maximum absolute atomic E-state index is 11.7. The highest BCUT2D eigenvalue weighted by Gasteiger charge is 2.21. The number of ether oxygens (including phenoxy) is 4. The lowest BCUT2D eigenvalue weighted by Crippen LogP contribution is -2.42. The molecule has 0 amide bonds. The van der Waals surface area contributed by atoms with Crippen LogP contribution in [0, 0.1) is 0 Å². The average molecular weight is 453 g/mol. The minimum Gasteiger partial charge on any atom is -0.480 e. The van der Waals surface area contributed by atoms with Gasteiger partial charge in [-0.3, -0.25) is 14.4 Å². The molecule has 0 bridgehead atoms. The van der Waals surface area contributed by atoms with Gasteiger partial charge in [0.2, 0.25) is 0 Å². The van der Waals surface area contributed by atoms with E-state index < -0.39 is 36.2 Å². The van der Waals surface area contributed by atoms with Gasteiger partial charge in [0.05, 0.1) is 6.61 Å². The summed E-state index contributed by atoms with van der Waals surface area (Å²) in [7, 11) is 0. The first-order valence-corrected chi connectivity index (χ1v) is 10.4. The van der Waals surface area contributed by atoms with Gasteiger partial charge in [-0.1, -0.05) is 25.8 Å². The summed E-state index contributed by atoms with van der Waals surface area (Å²) in [5, 5.41) is 12.4. The van der Waals surface area contributed by atoms with Crippen LogP contribution in [0.25, 0.3) is 0 Å². The first-order chi connectivity index (χ1) is 15.1. The van der Waals surface area contributed by atoms with Crippen LogP contribution in [0.2, 0.25) is 0 Å². The van der Waals surface area contributed by atoms with Crippen molar-refractivity contribution in [1.82, 2.24) is 5.32 Å². The minimum absolute atomic E-state index is 0.0110. The van der Waals surface area contributed by atoms with Crippen molar-refractivity contribution >= 4 is 24.1 Å². The summed E-state index contributed by atoms with van der Waals surface area (Å²) in [5.41, 5.74) is 0.529. The molecule has 2 atom stereocenters. The highest BCUT2D eigenvalue weighted by molar-refractivity contribution is 5.75. The molecule has 0 aliphatic heterocycles. The fourth-order valence-corrected chi connectivity index (χ4v) is 2.69. The summed E-state index contributed by atoms with van der Waals surface area (Å²) in [6, 6.07) is 3.42. The van der Waals surface area contributed by atoms with E-state index >= 15 is 0 Å². The number of hydrogen-bond donors (Lipinski definition) is 2. The normalized spacial score (nSPS) is 12.4. The van der Waals surface area contributed by atoms with Crippen molar-refractivity contribution in [2.24, 2.45) is 0 Å². The molecule has 0 spiro atoms. The number of hydrogen-bond acceptors (Lipinski definition) is 9. The molecule has 0 radical (unpaired) electrons. The molecular formula is C22H31NO9. The molecule has 0 saturated heterocycles. The van der Waals surface area contributed by atoms with E-state index in [4.69, 9.17) is 18.9 Å². The molecular weight excluding hydrogens is 422 g/mol. The molecule has 0 aromatic heterocycles. The third kappa shape index (κ3) is 10.8. The van der Waals surface area contributed by atoms with Crippen LogP contribution >= 0.6 is 0 Å². The van der Waals surface area contributed by atoms with Gasteiger partial charge in [-0.05, 0) is 37.5 Å². The molecule has 0 saturated carbocycles. The van der Waals surface area contributed by atoms with Crippen molar-refractivity contribution in [2.75, 3.05) is 13.2 Å². The molecule has 0 aliphatic rings. The molecule has 0 fully saturated rings. The maximum Gasteiger partial charge on any atom is 0.508 e. The fourth-order valence-electron chi connectivity index (χ4n) is 2.69. The van der Waals surface area contributed by atoms with Crippen LogP contribution in [0.4, 0.5) is 4.79 Å². The number of nitrogens with one attached hydrogen (secondary N) is 1. The van der Waals surface area contributed by atoms with Crippen LogP contribution in [-0.4, -0.2) is 54.5 Å². The predicted molar refractivity (Wildman–Crippen MR) is 114 cm³/mol. The first kappa shape index (κ1) is 26.9. The van der Waals surface area contributed by atoms with Crippen molar-refractivity contribution in [3.05, 3.63) is 23.8 Å². The summed E-state index contributed by atoms with van der Waals surface area (Å²) in [5.74, 6) is -2.25. The maximum atomic E-state index is 11.7. The number of carboxylic acid groups (broad SMARTS) is 1. The zero-order valence-corrected chi connectivity index (χ0v) is 18.8. The largest absolute Gasteiger partial charge is 0.508 e. The zero-order valence-electron chi connectivity index (χ0n) is 18.8. The summed E-state index contributed by atoms with van der Waals surface area (Å²) in [6.07, 6.45) is 1.34. The van der Waals surface area contributed by atoms with Gasteiger partial charge in [0.1, 0.15) is 12.1 Å². The van der Waals surface area contributed by atoms with E-state index in [-0.39, 0.29) is 31.1 Å². The van der Waals surface area contributed by atoms with E-state index in [1.54, 1.807) is 13.0 Å². The Balaban J connectivity index is 2.70. The fraction of sp³-hybridized carbons (Fsp3) is 0.545. The van der Waals surface area contributed by atoms with Gasteiger partial charge in [0.25, 0.3) is 0 Å². The van der Waals surface area contributed by atoms with Gasteiger partial charge in [0, 0.05) is 20.4 Å². The van der Waals surface area contributed by atoms with E-state index in [1.165, 1.54) is 26.0 Å². The number of unbranched alkanes of at least 4 members (excludes halogenated alkanes) is 2. The highest BCUT2D eigenvalue weighted by atomic mass is 16.7. The molecule has 1 unspecified atom stereocenters. The van der Waals surface area contributed by atoms with Crippen LogP contribution in [0.5, 0.6) is 11.5 Å². The Morgan fingerprint density at radius 2 is 1.69 bits per heavy atom. The van der Waals surface area contributed by atoms with Gasteiger partial charge in [0.15, 0.2) is 11.5 Å². The molecule has 10 heteroatoms.